The summed E-state index contributed by atoms with van der Waals surface area (Å²) < 4.78 is 10.8. The minimum Gasteiger partial charge on any atom is -0.368 e. The summed E-state index contributed by atoms with van der Waals surface area (Å²) in [5.74, 6) is 0.142. The van der Waals surface area contributed by atoms with Gasteiger partial charge in [0, 0.05) is 31.3 Å². The van der Waals surface area contributed by atoms with Crippen LogP contribution in [-0.2, 0) is 16.0 Å². The fourth-order valence-corrected chi connectivity index (χ4v) is 3.90. The predicted molar refractivity (Wildman–Crippen MR) is 104 cm³/mol. The second kappa shape index (κ2) is 9.17. The van der Waals surface area contributed by atoms with Gasteiger partial charge in [-0.15, -0.1) is 0 Å². The third-order valence-corrected chi connectivity index (χ3v) is 5.54. The van der Waals surface area contributed by atoms with Crippen molar-refractivity contribution in [3.05, 3.63) is 47.6 Å². The summed E-state index contributed by atoms with van der Waals surface area (Å²) in [5, 5.41) is 6.70. The summed E-state index contributed by atoms with van der Waals surface area (Å²) in [4.78, 5) is 30.7. The maximum absolute atomic E-state index is 12.4. The lowest BCUT2D eigenvalue weighted by molar-refractivity contribution is -0.121. The molecule has 0 radical (unpaired) electrons. The molecule has 1 aliphatic carbocycles. The third kappa shape index (κ3) is 5.00. The zero-order chi connectivity index (χ0) is 20.1. The van der Waals surface area contributed by atoms with E-state index in [4.69, 9.17) is 9.26 Å². The van der Waals surface area contributed by atoms with E-state index in [-0.39, 0.29) is 23.7 Å². The Balaban J connectivity index is 1.29. The first-order chi connectivity index (χ1) is 14.2. The molecule has 1 N–H and O–H groups in total. The van der Waals surface area contributed by atoms with Crippen LogP contribution in [0.3, 0.4) is 0 Å². The molecule has 2 aromatic rings. The monoisotopic (exact) mass is 398 g/mol. The van der Waals surface area contributed by atoms with Crippen molar-refractivity contribution in [2.75, 3.05) is 19.7 Å². The van der Waals surface area contributed by atoms with Crippen molar-refractivity contribution in [3.8, 4) is 0 Å². The minimum absolute atomic E-state index is 0.109. The molecule has 2 aromatic heterocycles. The quantitative estimate of drug-likeness (QED) is 0.802. The molecule has 8 nitrogen and oxygen atoms in total. The van der Waals surface area contributed by atoms with Crippen LogP contribution in [0.2, 0.25) is 0 Å². The molecule has 1 atom stereocenters. The molecule has 1 aliphatic heterocycles. The van der Waals surface area contributed by atoms with E-state index in [2.05, 4.69) is 15.5 Å². The highest BCUT2D eigenvalue weighted by Gasteiger charge is 2.28. The lowest BCUT2D eigenvalue weighted by atomic mass is 10.1. The molecular weight excluding hydrogens is 372 g/mol. The number of amides is 2. The van der Waals surface area contributed by atoms with Crippen LogP contribution in [-0.4, -0.2) is 52.6 Å². The number of hydrogen-bond donors (Lipinski definition) is 1. The molecule has 0 spiro atoms. The van der Waals surface area contributed by atoms with Gasteiger partial charge in [0.15, 0.2) is 0 Å². The van der Waals surface area contributed by atoms with Crippen LogP contribution in [0.15, 0.2) is 35.1 Å². The molecule has 1 saturated heterocycles. The van der Waals surface area contributed by atoms with Crippen LogP contribution in [0.5, 0.6) is 0 Å². The Morgan fingerprint density at radius 1 is 1.21 bits per heavy atom. The number of aromatic nitrogens is 2. The van der Waals surface area contributed by atoms with Gasteiger partial charge in [-0.3, -0.25) is 14.6 Å². The molecular formula is C21H26N4O4. The van der Waals surface area contributed by atoms with E-state index in [1.54, 1.807) is 17.2 Å². The molecule has 1 unspecified atom stereocenters. The largest absolute Gasteiger partial charge is 0.368 e. The predicted octanol–water partition coefficient (Wildman–Crippen LogP) is 2.27. The highest BCUT2D eigenvalue weighted by molar-refractivity contribution is 5.91. The molecule has 2 fully saturated rings. The molecule has 2 aliphatic rings. The Labute approximate surface area is 169 Å². The molecule has 4 rings (SSSR count). The van der Waals surface area contributed by atoms with E-state index in [0.29, 0.717) is 38.6 Å². The van der Waals surface area contributed by atoms with Crippen molar-refractivity contribution >= 4 is 11.8 Å². The van der Waals surface area contributed by atoms with Crippen molar-refractivity contribution in [2.24, 2.45) is 0 Å². The van der Waals surface area contributed by atoms with E-state index < -0.39 is 0 Å². The second-order valence-corrected chi connectivity index (χ2v) is 7.63. The zero-order valence-corrected chi connectivity index (χ0v) is 16.4. The van der Waals surface area contributed by atoms with Gasteiger partial charge in [0.25, 0.3) is 5.91 Å². The van der Waals surface area contributed by atoms with E-state index in [1.807, 2.05) is 12.1 Å². The summed E-state index contributed by atoms with van der Waals surface area (Å²) in [6.07, 6.45) is 8.71. The van der Waals surface area contributed by atoms with Gasteiger partial charge < -0.3 is 19.5 Å². The Morgan fingerprint density at radius 3 is 2.79 bits per heavy atom. The number of morpholine rings is 1. The Morgan fingerprint density at radius 2 is 2.07 bits per heavy atom. The molecule has 0 bridgehead atoms. The van der Waals surface area contributed by atoms with Gasteiger partial charge in [-0.05, 0) is 30.9 Å². The van der Waals surface area contributed by atoms with Crippen LogP contribution < -0.4 is 5.32 Å². The molecule has 0 aromatic carbocycles. The molecule has 1 saturated carbocycles. The number of nitrogens with one attached hydrogen (secondary N) is 1. The highest BCUT2D eigenvalue weighted by atomic mass is 16.5. The number of pyridine rings is 1. The minimum atomic E-state index is -0.282. The third-order valence-electron chi connectivity index (χ3n) is 5.54. The molecule has 154 valence electrons. The van der Waals surface area contributed by atoms with Crippen LogP contribution in [0.25, 0.3) is 0 Å². The zero-order valence-electron chi connectivity index (χ0n) is 16.4. The van der Waals surface area contributed by atoms with Gasteiger partial charge in [0.2, 0.25) is 11.7 Å². The first kappa shape index (κ1) is 19.6. The van der Waals surface area contributed by atoms with Crippen molar-refractivity contribution in [1.29, 1.82) is 0 Å². The maximum Gasteiger partial charge on any atom is 0.292 e. The standard InChI is InChI=1S/C21H26N4O4/c26-20(24-16-3-1-2-4-16)8-6-15-5-7-17(22-13-15)19-14-25(11-12-28-19)21(27)18-9-10-23-29-18/h5,7,9-10,13,16,19H,1-4,6,8,11-12,14H2,(H,24,26). The van der Waals surface area contributed by atoms with Gasteiger partial charge in [-0.2, -0.15) is 0 Å². The number of ether oxygens (including phenoxy) is 1. The number of nitrogens with zero attached hydrogens (tertiary/aromatic N) is 3. The lowest BCUT2D eigenvalue weighted by Crippen LogP contribution is -2.42. The number of carbonyl (C=O) groups is 2. The van der Waals surface area contributed by atoms with Gasteiger partial charge in [0.05, 0.1) is 25.0 Å². The number of hydrogen-bond acceptors (Lipinski definition) is 6. The molecule has 2 amide bonds. The molecule has 29 heavy (non-hydrogen) atoms. The first-order valence-electron chi connectivity index (χ1n) is 10.2. The van der Waals surface area contributed by atoms with Gasteiger partial charge in [0.1, 0.15) is 6.10 Å². The Hall–Kier alpha value is -2.74. The molecule has 8 heteroatoms. The van der Waals surface area contributed by atoms with Crippen molar-refractivity contribution in [2.45, 2.75) is 50.7 Å². The summed E-state index contributed by atoms with van der Waals surface area (Å²) in [6.45, 7) is 1.36. The Kier molecular flexibility index (Phi) is 6.19. The maximum atomic E-state index is 12.4. The average Bonchev–Trinajstić information content (AvgIpc) is 3.47. The summed E-state index contributed by atoms with van der Waals surface area (Å²) in [7, 11) is 0. The topological polar surface area (TPSA) is 97.6 Å². The van der Waals surface area contributed by atoms with Crippen LogP contribution >= 0.6 is 0 Å². The van der Waals surface area contributed by atoms with Crippen LogP contribution in [0.4, 0.5) is 0 Å². The average molecular weight is 398 g/mol. The van der Waals surface area contributed by atoms with Crippen molar-refractivity contribution in [1.82, 2.24) is 20.4 Å². The highest BCUT2D eigenvalue weighted by Crippen LogP contribution is 2.22. The van der Waals surface area contributed by atoms with E-state index >= 15 is 0 Å². The van der Waals surface area contributed by atoms with E-state index in [9.17, 15) is 9.59 Å². The van der Waals surface area contributed by atoms with E-state index in [0.717, 1.165) is 24.1 Å². The van der Waals surface area contributed by atoms with Crippen molar-refractivity contribution < 1.29 is 18.8 Å². The Bertz CT molecular complexity index is 816. The molecule has 3 heterocycles. The van der Waals surface area contributed by atoms with Gasteiger partial charge in [-0.1, -0.05) is 24.1 Å². The lowest BCUT2D eigenvalue weighted by Gasteiger charge is -2.32. The number of aryl methyl sites for hydroxylation is 1. The number of carbonyl (C=O) groups excluding carboxylic acids is 2. The van der Waals surface area contributed by atoms with Crippen molar-refractivity contribution in [3.63, 3.8) is 0 Å². The fraction of sp³-hybridized carbons (Fsp3) is 0.524. The summed E-state index contributed by atoms with van der Waals surface area (Å²) >= 11 is 0. The van der Waals surface area contributed by atoms with Gasteiger partial charge in [-0.25, -0.2) is 0 Å². The first-order valence-corrected chi connectivity index (χ1v) is 10.2. The second-order valence-electron chi connectivity index (χ2n) is 7.63. The smallest absolute Gasteiger partial charge is 0.292 e. The fourth-order valence-electron chi connectivity index (χ4n) is 3.90. The summed E-state index contributed by atoms with van der Waals surface area (Å²) in [6, 6.07) is 5.81. The normalized spacial score (nSPS) is 20.0. The SMILES string of the molecule is O=C(CCc1ccc(C2CN(C(=O)c3ccno3)CCO2)nc1)NC1CCCC1. The van der Waals surface area contributed by atoms with Crippen LogP contribution in [0, 0.1) is 0 Å². The van der Waals surface area contributed by atoms with E-state index in [1.165, 1.54) is 19.0 Å². The summed E-state index contributed by atoms with van der Waals surface area (Å²) in [5.41, 5.74) is 1.79. The van der Waals surface area contributed by atoms with Gasteiger partial charge >= 0.3 is 0 Å². The number of rotatable bonds is 6. The van der Waals surface area contributed by atoms with Crippen LogP contribution in [0.1, 0.15) is 60.0 Å².